The molecule has 3 aromatic carbocycles. The molecule has 0 spiro atoms. The minimum absolute atomic E-state index is 0.0741. The van der Waals surface area contributed by atoms with Gasteiger partial charge in [0.2, 0.25) is 0 Å². The van der Waals surface area contributed by atoms with Crippen LogP contribution in [0.25, 0.3) is 21.7 Å². The molecule has 0 saturated carbocycles. The molecule has 5 rings (SSSR count). The third kappa shape index (κ3) is 3.21. The van der Waals surface area contributed by atoms with Crippen molar-refractivity contribution in [3.05, 3.63) is 87.7 Å². The first-order valence-electron chi connectivity index (χ1n) is 9.86. The molecule has 1 saturated heterocycles. The van der Waals surface area contributed by atoms with Crippen molar-refractivity contribution in [2.24, 2.45) is 0 Å². The van der Waals surface area contributed by atoms with Crippen LogP contribution in [0.15, 0.2) is 75.9 Å². The number of carbonyl (C=O) groups excluding carboxylic acids is 1. The number of hydrogen-bond acceptors (Lipinski definition) is 4. The van der Waals surface area contributed by atoms with E-state index in [-0.39, 0.29) is 11.5 Å². The normalized spacial score (nSPS) is 14.4. The van der Waals surface area contributed by atoms with Gasteiger partial charge >= 0.3 is 5.63 Å². The van der Waals surface area contributed by atoms with Gasteiger partial charge in [0.05, 0.1) is 10.7 Å². The molecule has 1 fully saturated rings. The lowest BCUT2D eigenvalue weighted by molar-refractivity contribution is 0.0742. The summed E-state index contributed by atoms with van der Waals surface area (Å²) in [5.41, 5.74) is 0.920. The Morgan fingerprint density at radius 3 is 2.40 bits per heavy atom. The van der Waals surface area contributed by atoms with Crippen LogP contribution in [-0.2, 0) is 0 Å². The Kier molecular flexibility index (Phi) is 4.68. The summed E-state index contributed by atoms with van der Waals surface area (Å²) >= 11 is 6.30. The lowest BCUT2D eigenvalue weighted by Crippen LogP contribution is -2.49. The molecule has 6 heteroatoms. The van der Waals surface area contributed by atoms with Crippen LogP contribution >= 0.6 is 11.6 Å². The molecule has 2 heterocycles. The molecule has 0 N–H and O–H groups in total. The van der Waals surface area contributed by atoms with E-state index in [0.29, 0.717) is 36.8 Å². The quantitative estimate of drug-likeness (QED) is 0.353. The van der Waals surface area contributed by atoms with Gasteiger partial charge in [-0.15, -0.1) is 0 Å². The SMILES string of the molecule is O=C(c1cc2c(ccc3ccccc32)oc1=O)N1CCN(c2ccccc2Cl)CC1. The number of fused-ring (bicyclic) bond motifs is 3. The van der Waals surface area contributed by atoms with Crippen molar-refractivity contribution in [1.82, 2.24) is 4.90 Å². The molecule has 1 aliphatic heterocycles. The molecule has 0 bridgehead atoms. The molecule has 1 amide bonds. The predicted molar refractivity (Wildman–Crippen MR) is 120 cm³/mol. The van der Waals surface area contributed by atoms with E-state index < -0.39 is 5.63 Å². The fourth-order valence-electron chi connectivity index (χ4n) is 4.05. The maximum absolute atomic E-state index is 13.1. The maximum Gasteiger partial charge on any atom is 0.349 e. The van der Waals surface area contributed by atoms with Gasteiger partial charge in [0, 0.05) is 31.6 Å². The molecule has 0 atom stereocenters. The molecule has 0 unspecified atom stereocenters. The van der Waals surface area contributed by atoms with Gasteiger partial charge in [-0.3, -0.25) is 4.79 Å². The zero-order valence-electron chi connectivity index (χ0n) is 16.2. The van der Waals surface area contributed by atoms with Gasteiger partial charge in [0.15, 0.2) is 0 Å². The lowest BCUT2D eigenvalue weighted by atomic mass is 10.0. The van der Waals surface area contributed by atoms with Gasteiger partial charge < -0.3 is 14.2 Å². The summed E-state index contributed by atoms with van der Waals surface area (Å²) in [6.07, 6.45) is 0. The predicted octanol–water partition coefficient (Wildman–Crippen LogP) is 4.56. The van der Waals surface area contributed by atoms with Crippen molar-refractivity contribution in [2.75, 3.05) is 31.1 Å². The number of benzene rings is 3. The summed E-state index contributed by atoms with van der Waals surface area (Å²) in [5, 5.41) is 3.45. The minimum Gasteiger partial charge on any atom is -0.422 e. The summed E-state index contributed by atoms with van der Waals surface area (Å²) in [7, 11) is 0. The molecule has 0 radical (unpaired) electrons. The summed E-state index contributed by atoms with van der Waals surface area (Å²) in [6, 6.07) is 20.9. The van der Waals surface area contributed by atoms with E-state index in [1.807, 2.05) is 54.6 Å². The number of nitrogens with zero attached hydrogens (tertiary/aromatic N) is 2. The monoisotopic (exact) mass is 418 g/mol. The topological polar surface area (TPSA) is 53.8 Å². The summed E-state index contributed by atoms with van der Waals surface area (Å²) in [6.45, 7) is 2.32. The zero-order valence-corrected chi connectivity index (χ0v) is 16.9. The molecule has 0 aliphatic carbocycles. The average Bonchev–Trinajstić information content (AvgIpc) is 2.78. The number of amides is 1. The number of piperazine rings is 1. The number of hydrogen-bond donors (Lipinski definition) is 0. The number of carbonyl (C=O) groups is 1. The Morgan fingerprint density at radius 1 is 0.867 bits per heavy atom. The molecule has 150 valence electrons. The smallest absolute Gasteiger partial charge is 0.349 e. The Balaban J connectivity index is 1.44. The Bertz CT molecular complexity index is 1320. The molecular weight excluding hydrogens is 400 g/mol. The van der Waals surface area contributed by atoms with Crippen LogP contribution in [0, 0.1) is 0 Å². The molecule has 1 aliphatic rings. The van der Waals surface area contributed by atoms with Crippen LogP contribution in [0.1, 0.15) is 10.4 Å². The van der Waals surface area contributed by atoms with Crippen molar-refractivity contribution >= 4 is 44.9 Å². The highest BCUT2D eigenvalue weighted by Gasteiger charge is 2.26. The van der Waals surface area contributed by atoms with Crippen LogP contribution in [-0.4, -0.2) is 37.0 Å². The highest BCUT2D eigenvalue weighted by Crippen LogP contribution is 2.27. The maximum atomic E-state index is 13.1. The zero-order chi connectivity index (χ0) is 20.7. The van der Waals surface area contributed by atoms with E-state index in [4.69, 9.17) is 16.0 Å². The number of anilines is 1. The first kappa shape index (κ1) is 18.7. The first-order valence-corrected chi connectivity index (χ1v) is 10.2. The van der Waals surface area contributed by atoms with E-state index in [1.54, 1.807) is 17.0 Å². The number of rotatable bonds is 2. The van der Waals surface area contributed by atoms with E-state index in [2.05, 4.69) is 4.90 Å². The van der Waals surface area contributed by atoms with Crippen LogP contribution < -0.4 is 10.5 Å². The van der Waals surface area contributed by atoms with Crippen LogP contribution in [0.4, 0.5) is 5.69 Å². The van der Waals surface area contributed by atoms with Gasteiger partial charge in [-0.05, 0) is 35.0 Å². The van der Waals surface area contributed by atoms with Gasteiger partial charge in [0.25, 0.3) is 5.91 Å². The fourth-order valence-corrected chi connectivity index (χ4v) is 4.30. The summed E-state index contributed by atoms with van der Waals surface area (Å²) < 4.78 is 5.49. The van der Waals surface area contributed by atoms with E-state index in [1.165, 1.54) is 0 Å². The van der Waals surface area contributed by atoms with Crippen LogP contribution in [0.2, 0.25) is 5.02 Å². The van der Waals surface area contributed by atoms with Crippen LogP contribution in [0.5, 0.6) is 0 Å². The van der Waals surface area contributed by atoms with Crippen molar-refractivity contribution in [3.63, 3.8) is 0 Å². The minimum atomic E-state index is -0.601. The molecule has 1 aromatic heterocycles. The second-order valence-electron chi connectivity index (χ2n) is 7.38. The third-order valence-electron chi connectivity index (χ3n) is 5.63. The van der Waals surface area contributed by atoms with E-state index in [9.17, 15) is 9.59 Å². The van der Waals surface area contributed by atoms with Gasteiger partial charge in [-0.2, -0.15) is 0 Å². The van der Waals surface area contributed by atoms with Crippen molar-refractivity contribution in [3.8, 4) is 0 Å². The van der Waals surface area contributed by atoms with Crippen LogP contribution in [0.3, 0.4) is 0 Å². The Labute approximate surface area is 178 Å². The molecule has 5 nitrogen and oxygen atoms in total. The molecule has 4 aromatic rings. The number of halogens is 1. The highest BCUT2D eigenvalue weighted by molar-refractivity contribution is 6.33. The van der Waals surface area contributed by atoms with Gasteiger partial charge in [0.1, 0.15) is 11.1 Å². The fraction of sp³-hybridized carbons (Fsp3) is 0.167. The van der Waals surface area contributed by atoms with E-state index >= 15 is 0 Å². The van der Waals surface area contributed by atoms with Gasteiger partial charge in [-0.25, -0.2) is 4.79 Å². The second kappa shape index (κ2) is 7.50. The number of para-hydroxylation sites is 1. The van der Waals surface area contributed by atoms with Crippen molar-refractivity contribution < 1.29 is 9.21 Å². The molecular formula is C24H19ClN2O3. The Morgan fingerprint density at radius 2 is 1.60 bits per heavy atom. The van der Waals surface area contributed by atoms with Gasteiger partial charge in [-0.1, -0.05) is 54.1 Å². The Hall–Kier alpha value is -3.31. The highest BCUT2D eigenvalue weighted by atomic mass is 35.5. The van der Waals surface area contributed by atoms with Crippen molar-refractivity contribution in [1.29, 1.82) is 0 Å². The first-order chi connectivity index (χ1) is 14.6. The standard InChI is InChI=1S/C24H19ClN2O3/c25-20-7-3-4-8-21(20)26-11-13-27(14-12-26)23(28)19-15-18-17-6-2-1-5-16(17)9-10-22(18)30-24(19)29/h1-10,15H,11-14H2. The summed E-state index contributed by atoms with van der Waals surface area (Å²) in [4.78, 5) is 29.5. The average molecular weight is 419 g/mol. The summed E-state index contributed by atoms with van der Waals surface area (Å²) in [5.74, 6) is -0.294. The largest absolute Gasteiger partial charge is 0.422 e. The van der Waals surface area contributed by atoms with Crippen molar-refractivity contribution in [2.45, 2.75) is 0 Å². The lowest BCUT2D eigenvalue weighted by Gasteiger charge is -2.36. The second-order valence-corrected chi connectivity index (χ2v) is 7.78. The van der Waals surface area contributed by atoms with E-state index in [0.717, 1.165) is 21.8 Å². The third-order valence-corrected chi connectivity index (χ3v) is 5.95. The molecule has 30 heavy (non-hydrogen) atoms.